The molecule has 0 fully saturated rings. The number of carbonyl (C=O) groups is 1. The van der Waals surface area contributed by atoms with Crippen molar-refractivity contribution in [3.05, 3.63) is 91.0 Å². The topological polar surface area (TPSA) is 17.1 Å². The Bertz CT molecular complexity index is 649. The third-order valence-corrected chi connectivity index (χ3v) is 6.28. The van der Waals surface area contributed by atoms with Crippen LogP contribution >= 0.6 is 32.7 Å². The molecule has 0 radical (unpaired) electrons. The second-order valence-corrected chi connectivity index (χ2v) is 7.81. The van der Waals surface area contributed by atoms with Crippen LogP contribution in [0.3, 0.4) is 0 Å². The van der Waals surface area contributed by atoms with E-state index in [1.165, 1.54) is 15.9 Å². The van der Waals surface area contributed by atoms with E-state index in [1.807, 2.05) is 13.8 Å². The zero-order valence-corrected chi connectivity index (χ0v) is 18.3. The van der Waals surface area contributed by atoms with Gasteiger partial charge in [0.05, 0.1) is 0 Å². The maximum absolute atomic E-state index is 10.2. The standard InChI is InChI=1S/C18H15P.C5H10O.2ClH/c1-4-10-16(11-5-1)19(17-12-6-2-7-13-17)18-14-8-3-9-15-18;1-3-5(6)4-2;;/h1-15H;3-4H2,1-2H3;2*1H. The molecular weight excluding hydrogens is 394 g/mol. The van der Waals surface area contributed by atoms with E-state index in [9.17, 15) is 4.79 Å². The van der Waals surface area contributed by atoms with Gasteiger partial charge in [0.25, 0.3) is 0 Å². The number of hydrogen-bond donors (Lipinski definition) is 0. The Labute approximate surface area is 176 Å². The molecule has 0 aliphatic carbocycles. The zero-order chi connectivity index (χ0) is 17.9. The van der Waals surface area contributed by atoms with Crippen LogP contribution in [-0.2, 0) is 4.79 Å². The summed E-state index contributed by atoms with van der Waals surface area (Å²) in [5.74, 6) is 0.343. The van der Waals surface area contributed by atoms with Crippen molar-refractivity contribution in [1.82, 2.24) is 0 Å². The van der Waals surface area contributed by atoms with Gasteiger partial charge in [-0.3, -0.25) is 4.79 Å². The summed E-state index contributed by atoms with van der Waals surface area (Å²) in [6.45, 7) is 3.76. The van der Waals surface area contributed by atoms with Gasteiger partial charge in [-0.15, -0.1) is 24.8 Å². The number of benzene rings is 3. The van der Waals surface area contributed by atoms with Crippen LogP contribution in [0, 0.1) is 0 Å². The molecule has 1 nitrogen and oxygen atoms in total. The van der Waals surface area contributed by atoms with Gasteiger partial charge in [0.1, 0.15) is 5.78 Å². The van der Waals surface area contributed by atoms with Crippen LogP contribution in [0.1, 0.15) is 26.7 Å². The molecule has 0 saturated heterocycles. The molecule has 0 bridgehead atoms. The molecule has 3 rings (SSSR count). The lowest BCUT2D eigenvalue weighted by Crippen LogP contribution is -2.20. The summed E-state index contributed by atoms with van der Waals surface area (Å²) in [5, 5.41) is 4.19. The molecule has 0 aromatic heterocycles. The molecule has 0 heterocycles. The van der Waals surface area contributed by atoms with Crippen LogP contribution in [0.4, 0.5) is 0 Å². The van der Waals surface area contributed by atoms with Crippen LogP contribution in [0.15, 0.2) is 91.0 Å². The number of hydrogen-bond acceptors (Lipinski definition) is 1. The smallest absolute Gasteiger partial charge is 0.132 e. The molecule has 0 unspecified atom stereocenters. The Morgan fingerprint density at radius 3 is 1.04 bits per heavy atom. The molecule has 0 N–H and O–H groups in total. The first-order valence-electron chi connectivity index (χ1n) is 8.73. The van der Waals surface area contributed by atoms with E-state index in [0.29, 0.717) is 18.6 Å². The Hall–Kier alpha value is -1.66. The van der Waals surface area contributed by atoms with Crippen molar-refractivity contribution in [2.24, 2.45) is 0 Å². The Morgan fingerprint density at radius 1 is 0.593 bits per heavy atom. The highest BCUT2D eigenvalue weighted by Gasteiger charge is 2.14. The first kappa shape index (κ1) is 25.3. The molecule has 0 aliphatic rings. The average Bonchev–Trinajstić information content (AvgIpc) is 2.70. The Balaban J connectivity index is 0.000000744. The molecular formula is C23H27Cl2OP. The van der Waals surface area contributed by atoms with Crippen molar-refractivity contribution in [2.45, 2.75) is 26.7 Å². The van der Waals surface area contributed by atoms with Crippen molar-refractivity contribution in [3.63, 3.8) is 0 Å². The highest BCUT2D eigenvalue weighted by atomic mass is 35.5. The zero-order valence-electron chi connectivity index (χ0n) is 15.7. The lowest BCUT2D eigenvalue weighted by Gasteiger charge is -2.18. The quantitative estimate of drug-likeness (QED) is 0.486. The van der Waals surface area contributed by atoms with Crippen LogP contribution in [0.2, 0.25) is 0 Å². The third-order valence-electron chi connectivity index (χ3n) is 3.83. The lowest BCUT2D eigenvalue weighted by atomic mass is 10.3. The minimum Gasteiger partial charge on any atom is -0.300 e. The van der Waals surface area contributed by atoms with Gasteiger partial charge in [-0.25, -0.2) is 0 Å². The number of carbonyl (C=O) groups excluding carboxylic acids is 1. The van der Waals surface area contributed by atoms with Gasteiger partial charge in [-0.05, 0) is 23.8 Å². The second-order valence-electron chi connectivity index (χ2n) is 5.59. The van der Waals surface area contributed by atoms with Gasteiger partial charge in [0, 0.05) is 12.8 Å². The lowest BCUT2D eigenvalue weighted by molar-refractivity contribution is -0.118. The van der Waals surface area contributed by atoms with Crippen LogP contribution < -0.4 is 15.9 Å². The normalized spacial score (nSPS) is 9.30. The molecule has 0 spiro atoms. The fourth-order valence-corrected chi connectivity index (χ4v) is 4.73. The second kappa shape index (κ2) is 14.4. The number of rotatable bonds is 5. The van der Waals surface area contributed by atoms with Gasteiger partial charge >= 0.3 is 0 Å². The monoisotopic (exact) mass is 420 g/mol. The summed E-state index contributed by atoms with van der Waals surface area (Å²) >= 11 is 0. The molecule has 3 aromatic rings. The van der Waals surface area contributed by atoms with Crippen molar-refractivity contribution in [2.75, 3.05) is 0 Å². The number of Topliss-reactive ketones (excluding diaryl/α,β-unsaturated/α-hetero) is 1. The predicted octanol–water partition coefficient (Wildman–Crippen LogP) is 5.66. The van der Waals surface area contributed by atoms with E-state index >= 15 is 0 Å². The van der Waals surface area contributed by atoms with E-state index in [2.05, 4.69) is 91.0 Å². The van der Waals surface area contributed by atoms with Gasteiger partial charge in [0.2, 0.25) is 0 Å². The molecule has 4 heteroatoms. The fraction of sp³-hybridized carbons (Fsp3) is 0.174. The largest absolute Gasteiger partial charge is 0.300 e. The highest BCUT2D eigenvalue weighted by Crippen LogP contribution is 2.32. The molecule has 27 heavy (non-hydrogen) atoms. The summed E-state index contributed by atoms with van der Waals surface area (Å²) < 4.78 is 0. The summed E-state index contributed by atoms with van der Waals surface area (Å²) in [4.78, 5) is 10.2. The summed E-state index contributed by atoms with van der Waals surface area (Å²) in [7, 11) is -0.446. The van der Waals surface area contributed by atoms with Crippen LogP contribution in [0.5, 0.6) is 0 Å². The third kappa shape index (κ3) is 8.26. The minimum atomic E-state index is -0.446. The Morgan fingerprint density at radius 2 is 0.852 bits per heavy atom. The maximum atomic E-state index is 10.2. The minimum absolute atomic E-state index is 0. The first-order valence-corrected chi connectivity index (χ1v) is 10.1. The van der Waals surface area contributed by atoms with Crippen molar-refractivity contribution in [3.8, 4) is 0 Å². The van der Waals surface area contributed by atoms with Gasteiger partial charge in [0.15, 0.2) is 0 Å². The van der Waals surface area contributed by atoms with E-state index in [-0.39, 0.29) is 24.8 Å². The van der Waals surface area contributed by atoms with Gasteiger partial charge < -0.3 is 0 Å². The summed E-state index contributed by atoms with van der Waals surface area (Å²) in [5.41, 5.74) is 0. The Kier molecular flexibility index (Phi) is 13.5. The van der Waals surface area contributed by atoms with Crippen LogP contribution in [0.25, 0.3) is 0 Å². The van der Waals surface area contributed by atoms with Crippen LogP contribution in [-0.4, -0.2) is 5.78 Å². The van der Waals surface area contributed by atoms with Gasteiger partial charge in [-0.2, -0.15) is 0 Å². The van der Waals surface area contributed by atoms with Crippen molar-refractivity contribution >= 4 is 54.4 Å². The van der Waals surface area contributed by atoms with Crippen molar-refractivity contribution in [1.29, 1.82) is 0 Å². The molecule has 0 aliphatic heterocycles. The average molecular weight is 421 g/mol. The number of ketones is 1. The highest BCUT2D eigenvalue weighted by molar-refractivity contribution is 7.79. The molecule has 0 atom stereocenters. The van der Waals surface area contributed by atoms with E-state index < -0.39 is 7.92 Å². The van der Waals surface area contributed by atoms with Crippen molar-refractivity contribution < 1.29 is 4.79 Å². The number of halogens is 2. The molecule has 0 saturated carbocycles. The summed E-state index contributed by atoms with van der Waals surface area (Å²) in [6.07, 6.45) is 1.38. The SMILES string of the molecule is CCC(=O)CC.Cl.Cl.c1ccc(P(c2ccccc2)c2ccccc2)cc1. The van der Waals surface area contributed by atoms with E-state index in [1.54, 1.807) is 0 Å². The molecule has 144 valence electrons. The molecule has 0 amide bonds. The first-order chi connectivity index (χ1) is 12.3. The maximum Gasteiger partial charge on any atom is 0.132 e. The van der Waals surface area contributed by atoms with Gasteiger partial charge in [-0.1, -0.05) is 105 Å². The molecule has 3 aromatic carbocycles. The van der Waals surface area contributed by atoms with E-state index in [4.69, 9.17) is 0 Å². The predicted molar refractivity (Wildman–Crippen MR) is 125 cm³/mol. The fourth-order valence-electron chi connectivity index (χ4n) is 2.43. The van der Waals surface area contributed by atoms with E-state index in [0.717, 1.165) is 0 Å². The summed E-state index contributed by atoms with van der Waals surface area (Å²) in [6, 6.07) is 32.3.